The Balaban J connectivity index is 2.55. The highest BCUT2D eigenvalue weighted by Crippen LogP contribution is 2.23. The van der Waals surface area contributed by atoms with Gasteiger partial charge in [0.25, 0.3) is 0 Å². The van der Waals surface area contributed by atoms with Gasteiger partial charge in [-0.3, -0.25) is 9.59 Å². The molecule has 1 unspecified atom stereocenters. The Morgan fingerprint density at radius 1 is 1.08 bits per heavy atom. The Morgan fingerprint density at radius 3 is 2.29 bits per heavy atom. The summed E-state index contributed by atoms with van der Waals surface area (Å²) in [7, 11) is 0. The third-order valence-corrected chi connectivity index (χ3v) is 4.84. The van der Waals surface area contributed by atoms with Gasteiger partial charge in [-0.15, -0.1) is 11.8 Å². The summed E-state index contributed by atoms with van der Waals surface area (Å²) in [5.74, 6) is 1.02. The lowest BCUT2D eigenvalue weighted by Gasteiger charge is -2.25. The van der Waals surface area contributed by atoms with Crippen molar-refractivity contribution >= 4 is 23.5 Å². The Labute approximate surface area is 150 Å². The highest BCUT2D eigenvalue weighted by atomic mass is 32.2. The standard InChI is InChI=1S/C18H33NO4S/c1-12(2)17(20)10-24-11-18(21)19-8-16(23-14(5)6)7-15(19)9-22-13(3)4/h12-16H,7-11H2,1-6H3/t15?,16-/m1/s1. The van der Waals surface area contributed by atoms with Crippen molar-refractivity contribution in [3.8, 4) is 0 Å². The largest absolute Gasteiger partial charge is 0.377 e. The molecule has 1 amide bonds. The van der Waals surface area contributed by atoms with Crippen LogP contribution in [-0.2, 0) is 19.1 Å². The molecule has 0 bridgehead atoms. The summed E-state index contributed by atoms with van der Waals surface area (Å²) in [6, 6.07) is 0.0602. The second-order valence-electron chi connectivity index (χ2n) is 7.24. The minimum atomic E-state index is 0.0235. The van der Waals surface area contributed by atoms with E-state index >= 15 is 0 Å². The number of hydrogen-bond donors (Lipinski definition) is 0. The van der Waals surface area contributed by atoms with Crippen molar-refractivity contribution < 1.29 is 19.1 Å². The van der Waals surface area contributed by atoms with E-state index in [9.17, 15) is 9.59 Å². The molecule has 140 valence electrons. The Morgan fingerprint density at radius 2 is 1.75 bits per heavy atom. The maximum atomic E-state index is 12.6. The van der Waals surface area contributed by atoms with E-state index in [0.717, 1.165) is 6.42 Å². The monoisotopic (exact) mass is 359 g/mol. The zero-order valence-electron chi connectivity index (χ0n) is 15.9. The van der Waals surface area contributed by atoms with Crippen LogP contribution < -0.4 is 0 Å². The van der Waals surface area contributed by atoms with Gasteiger partial charge in [0, 0.05) is 12.5 Å². The zero-order chi connectivity index (χ0) is 18.3. The summed E-state index contributed by atoms with van der Waals surface area (Å²) in [6.45, 7) is 12.9. The second-order valence-corrected chi connectivity index (χ2v) is 8.22. The van der Waals surface area contributed by atoms with Crippen molar-refractivity contribution in [1.82, 2.24) is 4.90 Å². The molecule has 1 aliphatic rings. The zero-order valence-corrected chi connectivity index (χ0v) is 16.7. The summed E-state index contributed by atoms with van der Waals surface area (Å²) < 4.78 is 11.6. The lowest BCUT2D eigenvalue weighted by molar-refractivity contribution is -0.131. The van der Waals surface area contributed by atoms with Gasteiger partial charge >= 0.3 is 0 Å². The SMILES string of the molecule is CC(C)OCC1C[C@@H](OC(C)C)CN1C(=O)CSCC(=O)C(C)C. The van der Waals surface area contributed by atoms with Crippen molar-refractivity contribution in [2.45, 2.75) is 72.3 Å². The first-order valence-corrected chi connectivity index (χ1v) is 10.0. The molecule has 0 aromatic rings. The van der Waals surface area contributed by atoms with Gasteiger partial charge in [0.05, 0.1) is 42.5 Å². The summed E-state index contributed by atoms with van der Waals surface area (Å²) in [5, 5.41) is 0. The van der Waals surface area contributed by atoms with Gasteiger partial charge in [-0.1, -0.05) is 13.8 Å². The summed E-state index contributed by atoms with van der Waals surface area (Å²) in [5.41, 5.74) is 0. The lowest BCUT2D eigenvalue weighted by Crippen LogP contribution is -2.40. The molecule has 24 heavy (non-hydrogen) atoms. The number of nitrogens with zero attached hydrogens (tertiary/aromatic N) is 1. The van der Waals surface area contributed by atoms with Crippen LogP contribution in [0.1, 0.15) is 48.0 Å². The number of carbonyl (C=O) groups is 2. The van der Waals surface area contributed by atoms with Crippen LogP contribution >= 0.6 is 11.8 Å². The predicted molar refractivity (Wildman–Crippen MR) is 98.4 cm³/mol. The molecule has 1 aliphatic heterocycles. The van der Waals surface area contributed by atoms with Crippen molar-refractivity contribution in [1.29, 1.82) is 0 Å². The summed E-state index contributed by atoms with van der Waals surface area (Å²) in [4.78, 5) is 26.1. The fourth-order valence-corrected chi connectivity index (χ4v) is 3.59. The molecule has 6 heteroatoms. The van der Waals surface area contributed by atoms with Gasteiger partial charge < -0.3 is 14.4 Å². The smallest absolute Gasteiger partial charge is 0.232 e. The van der Waals surface area contributed by atoms with E-state index < -0.39 is 0 Å². The molecule has 5 nitrogen and oxygen atoms in total. The molecular formula is C18H33NO4S. The molecule has 1 heterocycles. The molecule has 0 radical (unpaired) electrons. The van der Waals surface area contributed by atoms with Gasteiger partial charge in [0.15, 0.2) is 0 Å². The molecule has 0 N–H and O–H groups in total. The number of thioether (sulfide) groups is 1. The number of Topliss-reactive ketones (excluding diaryl/α,β-unsaturated/α-hetero) is 1. The Hall–Kier alpha value is -0.590. The third kappa shape index (κ3) is 7.53. The fraction of sp³-hybridized carbons (Fsp3) is 0.889. The average molecular weight is 360 g/mol. The number of ketones is 1. The fourth-order valence-electron chi connectivity index (χ4n) is 2.61. The molecule has 2 atom stereocenters. The first-order chi connectivity index (χ1) is 11.2. The van der Waals surface area contributed by atoms with Crippen molar-refractivity contribution in [2.24, 2.45) is 5.92 Å². The van der Waals surface area contributed by atoms with Crippen LogP contribution in [0.5, 0.6) is 0 Å². The maximum absolute atomic E-state index is 12.6. The Bertz CT molecular complexity index is 412. The van der Waals surface area contributed by atoms with Crippen LogP contribution in [0.2, 0.25) is 0 Å². The predicted octanol–water partition coefficient (Wildman–Crippen LogP) is 2.76. The van der Waals surface area contributed by atoms with Crippen LogP contribution in [0.4, 0.5) is 0 Å². The highest BCUT2D eigenvalue weighted by molar-refractivity contribution is 8.00. The van der Waals surface area contributed by atoms with Gasteiger partial charge in [-0.2, -0.15) is 0 Å². The van der Waals surface area contributed by atoms with Crippen molar-refractivity contribution in [2.75, 3.05) is 24.7 Å². The minimum absolute atomic E-state index is 0.0235. The number of carbonyl (C=O) groups excluding carboxylic acids is 2. The molecule has 1 saturated heterocycles. The molecule has 0 saturated carbocycles. The van der Waals surface area contributed by atoms with E-state index in [2.05, 4.69) is 0 Å². The van der Waals surface area contributed by atoms with E-state index in [-0.39, 0.29) is 42.0 Å². The average Bonchev–Trinajstić information content (AvgIpc) is 2.86. The van der Waals surface area contributed by atoms with E-state index in [1.165, 1.54) is 11.8 Å². The number of rotatable bonds is 10. The van der Waals surface area contributed by atoms with Gasteiger partial charge in [0.1, 0.15) is 5.78 Å². The molecular weight excluding hydrogens is 326 g/mol. The van der Waals surface area contributed by atoms with E-state index in [0.29, 0.717) is 24.7 Å². The second kappa shape index (κ2) is 10.4. The number of likely N-dealkylation sites (tertiary alicyclic amines) is 1. The van der Waals surface area contributed by atoms with Crippen LogP contribution in [0.15, 0.2) is 0 Å². The summed E-state index contributed by atoms with van der Waals surface area (Å²) >= 11 is 1.40. The minimum Gasteiger partial charge on any atom is -0.377 e. The van der Waals surface area contributed by atoms with Crippen LogP contribution in [0, 0.1) is 5.92 Å². The number of ether oxygens (including phenoxy) is 2. The van der Waals surface area contributed by atoms with Crippen molar-refractivity contribution in [3.05, 3.63) is 0 Å². The summed E-state index contributed by atoms with van der Waals surface area (Å²) in [6.07, 6.45) is 1.17. The topological polar surface area (TPSA) is 55.8 Å². The van der Waals surface area contributed by atoms with Crippen LogP contribution in [-0.4, -0.2) is 65.6 Å². The molecule has 1 fully saturated rings. The van der Waals surface area contributed by atoms with Crippen LogP contribution in [0.25, 0.3) is 0 Å². The number of hydrogen-bond acceptors (Lipinski definition) is 5. The van der Waals surface area contributed by atoms with Gasteiger partial charge in [-0.05, 0) is 34.1 Å². The molecule has 0 spiro atoms. The highest BCUT2D eigenvalue weighted by Gasteiger charge is 2.36. The molecule has 0 aromatic carbocycles. The molecule has 1 rings (SSSR count). The molecule has 0 aliphatic carbocycles. The van der Waals surface area contributed by atoms with Crippen LogP contribution in [0.3, 0.4) is 0 Å². The van der Waals surface area contributed by atoms with Crippen molar-refractivity contribution in [3.63, 3.8) is 0 Å². The first-order valence-electron chi connectivity index (χ1n) is 8.87. The third-order valence-electron chi connectivity index (χ3n) is 3.90. The quantitative estimate of drug-likeness (QED) is 0.600. The number of amides is 1. The Kier molecular flexibility index (Phi) is 9.31. The van der Waals surface area contributed by atoms with Gasteiger partial charge in [-0.25, -0.2) is 0 Å². The van der Waals surface area contributed by atoms with E-state index in [1.54, 1.807) is 0 Å². The molecule has 0 aromatic heterocycles. The van der Waals surface area contributed by atoms with Gasteiger partial charge in [0.2, 0.25) is 5.91 Å². The first kappa shape index (κ1) is 21.5. The van der Waals surface area contributed by atoms with E-state index in [4.69, 9.17) is 9.47 Å². The maximum Gasteiger partial charge on any atom is 0.232 e. The normalized spacial score (nSPS) is 21.3. The lowest BCUT2D eigenvalue weighted by atomic mass is 10.1. The van der Waals surface area contributed by atoms with E-state index in [1.807, 2.05) is 46.4 Å².